The first kappa shape index (κ1) is 31.9. The fourth-order valence-electron chi connectivity index (χ4n) is 8.53. The van der Waals surface area contributed by atoms with Gasteiger partial charge in [0.15, 0.2) is 17.5 Å². The zero-order valence-corrected chi connectivity index (χ0v) is 31.2. The quantitative estimate of drug-likeness (QED) is 0.176. The van der Waals surface area contributed by atoms with E-state index in [-0.39, 0.29) is 0 Å². The first-order valence-corrected chi connectivity index (χ1v) is 19.8. The van der Waals surface area contributed by atoms with Gasteiger partial charge < -0.3 is 8.98 Å². The van der Waals surface area contributed by atoms with Crippen molar-refractivity contribution in [2.75, 3.05) is 0 Å². The fraction of sp³-hybridized carbons (Fsp3) is 0. The molecule has 0 unspecified atom stereocenters. The first-order chi connectivity index (χ1) is 28.3. The maximum absolute atomic E-state index is 6.81. The van der Waals surface area contributed by atoms with Gasteiger partial charge in [-0.2, -0.15) is 0 Å². The van der Waals surface area contributed by atoms with E-state index in [9.17, 15) is 0 Å². The van der Waals surface area contributed by atoms with Crippen molar-refractivity contribution in [3.8, 4) is 51.0 Å². The zero-order chi connectivity index (χ0) is 37.5. The Balaban J connectivity index is 1.02. The molecule has 0 aliphatic heterocycles. The SMILES string of the molecule is c1ccc(-c2nc(-c3ccccc3)nc(-c3cccc4sc5cc(-c6cccc7c6oc6cccc(-n8c9ccccc9c9ccccc98)c67)ccc5c34)n2)cc1. The summed E-state index contributed by atoms with van der Waals surface area (Å²) in [5.41, 5.74) is 10.3. The molecule has 266 valence electrons. The molecule has 12 rings (SSSR count). The Morgan fingerprint density at radius 1 is 0.404 bits per heavy atom. The largest absolute Gasteiger partial charge is 0.455 e. The van der Waals surface area contributed by atoms with Crippen LogP contribution in [-0.2, 0) is 0 Å². The van der Waals surface area contributed by atoms with Gasteiger partial charge in [-0.25, -0.2) is 15.0 Å². The molecular formula is C51H30N4OS. The number of hydrogen-bond donors (Lipinski definition) is 0. The molecule has 0 fully saturated rings. The molecule has 0 aliphatic carbocycles. The van der Waals surface area contributed by atoms with Crippen LogP contribution in [-0.4, -0.2) is 19.5 Å². The lowest BCUT2D eigenvalue weighted by Gasteiger charge is -2.10. The summed E-state index contributed by atoms with van der Waals surface area (Å²) in [5, 5.41) is 6.99. The van der Waals surface area contributed by atoms with Crippen LogP contribution >= 0.6 is 11.3 Å². The Morgan fingerprint density at radius 3 is 1.72 bits per heavy atom. The molecule has 57 heavy (non-hydrogen) atoms. The molecule has 0 bridgehead atoms. The molecule has 0 spiro atoms. The summed E-state index contributed by atoms with van der Waals surface area (Å²) >= 11 is 1.79. The summed E-state index contributed by atoms with van der Waals surface area (Å²) in [7, 11) is 0. The van der Waals surface area contributed by atoms with Gasteiger partial charge in [0.25, 0.3) is 0 Å². The lowest BCUT2D eigenvalue weighted by Crippen LogP contribution is -2.00. The van der Waals surface area contributed by atoms with Crippen LogP contribution in [0.3, 0.4) is 0 Å². The normalized spacial score (nSPS) is 11.9. The molecule has 0 aliphatic rings. The number of fused-ring (bicyclic) bond motifs is 9. The zero-order valence-electron chi connectivity index (χ0n) is 30.4. The van der Waals surface area contributed by atoms with Gasteiger partial charge in [-0.1, -0.05) is 146 Å². The van der Waals surface area contributed by atoms with Crippen molar-refractivity contribution in [1.82, 2.24) is 19.5 Å². The lowest BCUT2D eigenvalue weighted by atomic mass is 9.99. The molecule has 4 aromatic heterocycles. The van der Waals surface area contributed by atoms with Gasteiger partial charge in [-0.05, 0) is 42.0 Å². The van der Waals surface area contributed by atoms with Crippen LogP contribution in [0.25, 0.3) is 115 Å². The van der Waals surface area contributed by atoms with Gasteiger partial charge in [0.1, 0.15) is 11.2 Å². The Kier molecular flexibility index (Phi) is 7.03. The molecular weight excluding hydrogens is 717 g/mol. The third kappa shape index (κ3) is 4.98. The van der Waals surface area contributed by atoms with E-state index in [0.717, 1.165) is 60.8 Å². The Hall–Kier alpha value is -7.41. The van der Waals surface area contributed by atoms with Crippen molar-refractivity contribution < 1.29 is 4.42 Å². The Bertz CT molecular complexity index is 3420. The second kappa shape index (κ2) is 12.6. The number of thiophene rings is 1. The summed E-state index contributed by atoms with van der Waals surface area (Å²) in [5.74, 6) is 1.96. The average molecular weight is 747 g/mol. The van der Waals surface area contributed by atoms with Crippen molar-refractivity contribution in [1.29, 1.82) is 0 Å². The molecule has 0 amide bonds. The van der Waals surface area contributed by atoms with Crippen molar-refractivity contribution in [2.24, 2.45) is 0 Å². The summed E-state index contributed by atoms with van der Waals surface area (Å²) < 4.78 is 11.6. The summed E-state index contributed by atoms with van der Waals surface area (Å²) in [6, 6.07) is 63.7. The van der Waals surface area contributed by atoms with Gasteiger partial charge in [-0.15, -0.1) is 11.3 Å². The number of benzene rings is 8. The number of rotatable bonds is 5. The molecule has 5 nitrogen and oxygen atoms in total. The predicted molar refractivity (Wildman–Crippen MR) is 236 cm³/mol. The molecule has 8 aromatic carbocycles. The van der Waals surface area contributed by atoms with Gasteiger partial charge in [0.2, 0.25) is 0 Å². The van der Waals surface area contributed by atoms with Crippen LogP contribution in [0.4, 0.5) is 0 Å². The molecule has 0 saturated heterocycles. The highest BCUT2D eigenvalue weighted by molar-refractivity contribution is 7.26. The number of nitrogens with zero attached hydrogens (tertiary/aromatic N) is 4. The molecule has 12 aromatic rings. The first-order valence-electron chi connectivity index (χ1n) is 19.0. The molecule has 6 heteroatoms. The van der Waals surface area contributed by atoms with E-state index in [1.807, 2.05) is 60.7 Å². The van der Waals surface area contributed by atoms with E-state index in [1.165, 1.54) is 36.6 Å². The molecule has 0 N–H and O–H groups in total. The van der Waals surface area contributed by atoms with E-state index in [2.05, 4.69) is 126 Å². The Morgan fingerprint density at radius 2 is 1.00 bits per heavy atom. The highest BCUT2D eigenvalue weighted by Crippen LogP contribution is 2.44. The van der Waals surface area contributed by atoms with E-state index in [1.54, 1.807) is 11.3 Å². The second-order valence-electron chi connectivity index (χ2n) is 14.3. The van der Waals surface area contributed by atoms with Crippen LogP contribution < -0.4 is 0 Å². The second-order valence-corrected chi connectivity index (χ2v) is 15.4. The highest BCUT2D eigenvalue weighted by Gasteiger charge is 2.21. The minimum Gasteiger partial charge on any atom is -0.455 e. The van der Waals surface area contributed by atoms with Gasteiger partial charge in [-0.3, -0.25) is 0 Å². The van der Waals surface area contributed by atoms with Crippen LogP contribution in [0.1, 0.15) is 0 Å². The maximum atomic E-state index is 6.81. The lowest BCUT2D eigenvalue weighted by molar-refractivity contribution is 0.670. The maximum Gasteiger partial charge on any atom is 0.164 e. The van der Waals surface area contributed by atoms with E-state index < -0.39 is 0 Å². The predicted octanol–water partition coefficient (Wildman–Crippen LogP) is 13.9. The third-order valence-electron chi connectivity index (χ3n) is 11.1. The fourth-order valence-corrected chi connectivity index (χ4v) is 9.70. The third-order valence-corrected chi connectivity index (χ3v) is 12.2. The molecule has 4 heterocycles. The van der Waals surface area contributed by atoms with Gasteiger partial charge in [0.05, 0.1) is 22.1 Å². The minimum absolute atomic E-state index is 0.651. The van der Waals surface area contributed by atoms with Crippen LogP contribution in [0.5, 0.6) is 0 Å². The minimum atomic E-state index is 0.651. The monoisotopic (exact) mass is 746 g/mol. The van der Waals surface area contributed by atoms with E-state index in [0.29, 0.717) is 17.5 Å². The van der Waals surface area contributed by atoms with E-state index in [4.69, 9.17) is 19.4 Å². The topological polar surface area (TPSA) is 56.7 Å². The standard InChI is InChI=1S/C51H30N4OS/c1-3-14-31(15-4-1)49-52-50(32-16-5-2-6-17-32)54-51(53-49)39-22-12-27-44-46(39)37-29-28-33(30-45(37)57-44)34-20-11-21-38-47-42(25-13-26-43(47)56-48(34)38)55-40-23-9-7-18-35(40)36-19-8-10-24-41(36)55/h1-30H. The van der Waals surface area contributed by atoms with Gasteiger partial charge in [0, 0.05) is 58.6 Å². The van der Waals surface area contributed by atoms with Crippen molar-refractivity contribution in [3.63, 3.8) is 0 Å². The van der Waals surface area contributed by atoms with Crippen molar-refractivity contribution >= 4 is 75.3 Å². The summed E-state index contributed by atoms with van der Waals surface area (Å²) in [6.07, 6.45) is 0. The number of furan rings is 1. The number of aromatic nitrogens is 4. The van der Waals surface area contributed by atoms with Crippen molar-refractivity contribution in [3.05, 3.63) is 182 Å². The molecule has 0 saturated carbocycles. The molecule has 0 radical (unpaired) electrons. The summed E-state index contributed by atoms with van der Waals surface area (Å²) in [6.45, 7) is 0. The Labute approximate surface area is 330 Å². The van der Waals surface area contributed by atoms with Crippen LogP contribution in [0.2, 0.25) is 0 Å². The van der Waals surface area contributed by atoms with Gasteiger partial charge >= 0.3 is 0 Å². The number of para-hydroxylation sites is 3. The van der Waals surface area contributed by atoms with Crippen molar-refractivity contribution in [2.45, 2.75) is 0 Å². The highest BCUT2D eigenvalue weighted by atomic mass is 32.1. The smallest absolute Gasteiger partial charge is 0.164 e. The number of hydrogen-bond acceptors (Lipinski definition) is 5. The van der Waals surface area contributed by atoms with E-state index >= 15 is 0 Å². The summed E-state index contributed by atoms with van der Waals surface area (Å²) in [4.78, 5) is 15.1. The molecule has 0 atom stereocenters. The average Bonchev–Trinajstić information content (AvgIpc) is 3.96. The van der Waals surface area contributed by atoms with Crippen LogP contribution in [0.15, 0.2) is 186 Å². The van der Waals surface area contributed by atoms with Crippen LogP contribution in [0, 0.1) is 0 Å².